The first kappa shape index (κ1) is 23.4. The second-order valence-corrected chi connectivity index (χ2v) is 7.97. The number of benzene rings is 2. The van der Waals surface area contributed by atoms with E-state index in [1.807, 2.05) is 42.5 Å². The van der Waals surface area contributed by atoms with Gasteiger partial charge in [-0.1, -0.05) is 42.5 Å². The lowest BCUT2D eigenvalue weighted by Gasteiger charge is -2.41. The smallest absolute Gasteiger partial charge is 0.128 e. The van der Waals surface area contributed by atoms with Gasteiger partial charge in [0.05, 0.1) is 19.6 Å². The van der Waals surface area contributed by atoms with Gasteiger partial charge in [-0.3, -0.25) is 0 Å². The Balaban J connectivity index is 2.18. The summed E-state index contributed by atoms with van der Waals surface area (Å²) in [5.41, 5.74) is 8.75. The molecule has 2 aromatic rings. The molecule has 0 heterocycles. The van der Waals surface area contributed by atoms with Crippen molar-refractivity contribution >= 4 is 5.69 Å². The number of unbranched alkanes of at least 4 members (excludes halogenated alkanes) is 2. The SMILES string of the molecule is Nc1ccc(CC[N+](CCCCO)(CCCCO)CC(O)c2ccccc2)cc1. The van der Waals surface area contributed by atoms with Crippen molar-refractivity contribution in [3.8, 4) is 0 Å². The molecule has 2 aromatic carbocycles. The predicted octanol–water partition coefficient (Wildman–Crippen LogP) is 2.91. The molecule has 0 saturated carbocycles. The summed E-state index contributed by atoms with van der Waals surface area (Å²) in [6.07, 6.45) is 3.73. The van der Waals surface area contributed by atoms with Crippen LogP contribution in [0.15, 0.2) is 54.6 Å². The summed E-state index contributed by atoms with van der Waals surface area (Å²) < 4.78 is 0.778. The first-order chi connectivity index (χ1) is 14.1. The first-order valence-corrected chi connectivity index (χ1v) is 10.7. The summed E-state index contributed by atoms with van der Waals surface area (Å²) >= 11 is 0. The van der Waals surface area contributed by atoms with Gasteiger partial charge in [-0.25, -0.2) is 0 Å². The number of aliphatic hydroxyl groups is 3. The zero-order chi connectivity index (χ0) is 21.0. The molecule has 0 aliphatic carbocycles. The van der Waals surface area contributed by atoms with Crippen LogP contribution in [0, 0.1) is 0 Å². The van der Waals surface area contributed by atoms with Gasteiger partial charge in [0.1, 0.15) is 12.6 Å². The van der Waals surface area contributed by atoms with Crippen LogP contribution in [0.2, 0.25) is 0 Å². The normalized spacial score (nSPS) is 12.8. The quantitative estimate of drug-likeness (QED) is 0.223. The number of rotatable bonds is 14. The van der Waals surface area contributed by atoms with Crippen molar-refractivity contribution in [2.75, 3.05) is 45.1 Å². The van der Waals surface area contributed by atoms with Gasteiger partial charge >= 0.3 is 0 Å². The predicted molar refractivity (Wildman–Crippen MR) is 118 cm³/mol. The average Bonchev–Trinajstić information content (AvgIpc) is 2.74. The van der Waals surface area contributed by atoms with E-state index in [1.165, 1.54) is 5.56 Å². The van der Waals surface area contributed by atoms with Gasteiger partial charge in [-0.2, -0.15) is 0 Å². The lowest BCUT2D eigenvalue weighted by molar-refractivity contribution is -0.931. The zero-order valence-electron chi connectivity index (χ0n) is 17.4. The molecule has 0 saturated heterocycles. The molecule has 5 N–H and O–H groups in total. The Morgan fingerprint density at radius 3 is 1.90 bits per heavy atom. The van der Waals surface area contributed by atoms with Crippen LogP contribution in [0.1, 0.15) is 42.9 Å². The highest BCUT2D eigenvalue weighted by molar-refractivity contribution is 5.39. The van der Waals surface area contributed by atoms with Crippen molar-refractivity contribution in [3.05, 3.63) is 65.7 Å². The van der Waals surface area contributed by atoms with Crippen LogP contribution in [0.5, 0.6) is 0 Å². The Kier molecular flexibility index (Phi) is 10.2. The molecule has 5 heteroatoms. The Morgan fingerprint density at radius 2 is 1.34 bits per heavy atom. The monoisotopic (exact) mass is 401 g/mol. The van der Waals surface area contributed by atoms with Gasteiger partial charge in [0, 0.05) is 25.3 Å². The molecule has 5 nitrogen and oxygen atoms in total. The van der Waals surface area contributed by atoms with E-state index < -0.39 is 6.10 Å². The van der Waals surface area contributed by atoms with Crippen molar-refractivity contribution in [1.82, 2.24) is 0 Å². The molecular weight excluding hydrogens is 364 g/mol. The van der Waals surface area contributed by atoms with Crippen molar-refractivity contribution in [1.29, 1.82) is 0 Å². The van der Waals surface area contributed by atoms with Gasteiger partial charge < -0.3 is 25.5 Å². The lowest BCUT2D eigenvalue weighted by atomic mass is 10.0. The summed E-state index contributed by atoms with van der Waals surface area (Å²) in [5, 5.41) is 29.5. The minimum atomic E-state index is -0.536. The molecule has 0 amide bonds. The highest BCUT2D eigenvalue weighted by Gasteiger charge is 2.30. The van der Waals surface area contributed by atoms with Crippen molar-refractivity contribution < 1.29 is 19.8 Å². The van der Waals surface area contributed by atoms with Gasteiger partial charge in [0.15, 0.2) is 0 Å². The third kappa shape index (κ3) is 8.15. The Labute approximate surface area is 175 Å². The molecule has 29 heavy (non-hydrogen) atoms. The van der Waals surface area contributed by atoms with Crippen molar-refractivity contribution in [2.24, 2.45) is 0 Å². The molecule has 160 valence electrons. The minimum absolute atomic E-state index is 0.190. The highest BCUT2D eigenvalue weighted by atomic mass is 16.3. The Morgan fingerprint density at radius 1 is 0.759 bits per heavy atom. The molecule has 0 spiro atoms. The van der Waals surface area contributed by atoms with E-state index in [9.17, 15) is 15.3 Å². The van der Waals surface area contributed by atoms with Crippen LogP contribution >= 0.6 is 0 Å². The summed E-state index contributed by atoms with van der Waals surface area (Å²) in [4.78, 5) is 0. The molecule has 0 radical (unpaired) electrons. The number of aliphatic hydroxyl groups excluding tert-OH is 3. The zero-order valence-corrected chi connectivity index (χ0v) is 17.4. The molecule has 0 aliphatic rings. The third-order valence-electron chi connectivity index (χ3n) is 5.68. The number of quaternary nitrogens is 1. The van der Waals surface area contributed by atoms with Crippen LogP contribution in [0.4, 0.5) is 5.69 Å². The molecule has 1 atom stereocenters. The van der Waals surface area contributed by atoms with Crippen LogP contribution < -0.4 is 5.73 Å². The van der Waals surface area contributed by atoms with Crippen LogP contribution in [0.25, 0.3) is 0 Å². The van der Waals surface area contributed by atoms with Crippen molar-refractivity contribution in [2.45, 2.75) is 38.2 Å². The molecule has 1 unspecified atom stereocenters. The van der Waals surface area contributed by atoms with E-state index in [4.69, 9.17) is 5.73 Å². The first-order valence-electron chi connectivity index (χ1n) is 10.7. The van der Waals surface area contributed by atoms with Crippen LogP contribution in [-0.4, -0.2) is 59.2 Å². The maximum absolute atomic E-state index is 11.0. The molecule has 0 fully saturated rings. The summed E-state index contributed by atoms with van der Waals surface area (Å²) in [6, 6.07) is 17.8. The number of anilines is 1. The fraction of sp³-hybridized carbons (Fsp3) is 0.500. The molecular formula is C24H37N2O3+. The van der Waals surface area contributed by atoms with Gasteiger partial charge in [0.2, 0.25) is 0 Å². The van der Waals surface area contributed by atoms with Gasteiger partial charge in [-0.15, -0.1) is 0 Å². The minimum Gasteiger partial charge on any atom is -0.399 e. The number of nitrogens with zero attached hydrogens (tertiary/aromatic N) is 1. The number of nitrogens with two attached hydrogens (primary N) is 1. The van der Waals surface area contributed by atoms with E-state index in [2.05, 4.69) is 12.1 Å². The number of hydrogen-bond donors (Lipinski definition) is 4. The molecule has 0 bridgehead atoms. The Hall–Kier alpha value is -1.92. The van der Waals surface area contributed by atoms with E-state index in [0.29, 0.717) is 6.54 Å². The Bertz CT molecular complexity index is 666. The lowest BCUT2D eigenvalue weighted by Crippen LogP contribution is -2.53. The van der Waals surface area contributed by atoms with E-state index in [-0.39, 0.29) is 13.2 Å². The van der Waals surface area contributed by atoms with E-state index >= 15 is 0 Å². The molecule has 0 aliphatic heterocycles. The van der Waals surface area contributed by atoms with E-state index in [1.54, 1.807) is 0 Å². The number of nitrogen functional groups attached to an aromatic ring is 1. The topological polar surface area (TPSA) is 86.7 Å². The average molecular weight is 402 g/mol. The molecule has 2 rings (SSSR count). The second kappa shape index (κ2) is 12.6. The number of hydrogen-bond acceptors (Lipinski definition) is 4. The second-order valence-electron chi connectivity index (χ2n) is 7.97. The standard InChI is InChI=1S/C24H37N2O3/c25-23-12-10-21(11-13-23)14-17-26(15-4-6-18-27,16-5-7-19-28)20-24(29)22-8-2-1-3-9-22/h1-3,8-13,24,27-29H,4-7,14-20,25H2/q+1. The van der Waals surface area contributed by atoms with Gasteiger partial charge in [-0.05, 0) is 48.9 Å². The van der Waals surface area contributed by atoms with Crippen LogP contribution in [0.3, 0.4) is 0 Å². The highest BCUT2D eigenvalue weighted by Crippen LogP contribution is 2.22. The maximum Gasteiger partial charge on any atom is 0.128 e. The summed E-state index contributed by atoms with van der Waals surface area (Å²) in [5.74, 6) is 0. The summed E-state index contributed by atoms with van der Waals surface area (Å²) in [6.45, 7) is 3.74. The molecule has 0 aromatic heterocycles. The largest absolute Gasteiger partial charge is 0.399 e. The third-order valence-corrected chi connectivity index (χ3v) is 5.68. The van der Waals surface area contributed by atoms with E-state index in [0.717, 1.165) is 67.5 Å². The van der Waals surface area contributed by atoms with Crippen molar-refractivity contribution in [3.63, 3.8) is 0 Å². The fourth-order valence-electron chi connectivity index (χ4n) is 3.93. The summed E-state index contributed by atoms with van der Waals surface area (Å²) in [7, 11) is 0. The van der Waals surface area contributed by atoms with Crippen LogP contribution in [-0.2, 0) is 6.42 Å². The maximum atomic E-state index is 11.0. The van der Waals surface area contributed by atoms with Gasteiger partial charge in [0.25, 0.3) is 0 Å². The fourth-order valence-corrected chi connectivity index (χ4v) is 3.93.